The van der Waals surface area contributed by atoms with E-state index >= 15 is 0 Å². The standard InChI is InChI=1S/C32H38N2O5/c1-4-33-19-11-6-12-20-34(31(35)25-17-18-29(37-2)30(22-25)38-3)26(21-24-13-7-5-8-14-24)23-39-28-16-10-9-15-27(28)32(33)36/h5,7-10,13-18,22,26H,4,6,11-12,19-21,23H2,1-3H3/t26-/m1/s1. The summed E-state index contributed by atoms with van der Waals surface area (Å²) in [7, 11) is 3.14. The molecule has 0 spiro atoms. The number of hydrogen-bond acceptors (Lipinski definition) is 5. The van der Waals surface area contributed by atoms with Gasteiger partial charge >= 0.3 is 0 Å². The summed E-state index contributed by atoms with van der Waals surface area (Å²) >= 11 is 0. The molecule has 0 fully saturated rings. The molecule has 0 bridgehead atoms. The Kier molecular flexibility index (Phi) is 9.84. The van der Waals surface area contributed by atoms with Gasteiger partial charge < -0.3 is 24.0 Å². The Hall–Kier alpha value is -4.00. The number of amides is 2. The summed E-state index contributed by atoms with van der Waals surface area (Å²) in [6.45, 7) is 4.13. The summed E-state index contributed by atoms with van der Waals surface area (Å²) in [5, 5.41) is 0. The number of methoxy groups -OCH3 is 2. The van der Waals surface area contributed by atoms with Crippen molar-refractivity contribution in [3.05, 3.63) is 89.5 Å². The minimum Gasteiger partial charge on any atom is -0.493 e. The molecule has 7 nitrogen and oxygen atoms in total. The molecule has 0 unspecified atom stereocenters. The second-order valence-corrected chi connectivity index (χ2v) is 9.66. The predicted octanol–water partition coefficient (Wildman–Crippen LogP) is 5.48. The van der Waals surface area contributed by atoms with Gasteiger partial charge in [-0.3, -0.25) is 9.59 Å². The Morgan fingerprint density at radius 1 is 0.897 bits per heavy atom. The number of carbonyl (C=O) groups is 2. The van der Waals surface area contributed by atoms with Gasteiger partial charge in [-0.2, -0.15) is 0 Å². The number of para-hydroxylation sites is 1. The zero-order chi connectivity index (χ0) is 27.6. The van der Waals surface area contributed by atoms with Crippen molar-refractivity contribution in [2.75, 3.05) is 40.5 Å². The van der Waals surface area contributed by atoms with Crippen molar-refractivity contribution in [3.8, 4) is 17.2 Å². The van der Waals surface area contributed by atoms with Crippen LogP contribution in [-0.4, -0.2) is 68.1 Å². The second-order valence-electron chi connectivity index (χ2n) is 9.66. The largest absolute Gasteiger partial charge is 0.493 e. The molecule has 4 rings (SSSR count). The van der Waals surface area contributed by atoms with Crippen LogP contribution >= 0.6 is 0 Å². The lowest BCUT2D eigenvalue weighted by Crippen LogP contribution is -2.45. The second kappa shape index (κ2) is 13.7. The third kappa shape index (κ3) is 6.91. The van der Waals surface area contributed by atoms with E-state index in [1.165, 1.54) is 0 Å². The van der Waals surface area contributed by atoms with Gasteiger partial charge in [0.2, 0.25) is 0 Å². The molecule has 3 aromatic carbocycles. The van der Waals surface area contributed by atoms with Crippen LogP contribution in [-0.2, 0) is 6.42 Å². The highest BCUT2D eigenvalue weighted by atomic mass is 16.5. The molecule has 0 N–H and O–H groups in total. The Balaban J connectivity index is 1.71. The maximum Gasteiger partial charge on any atom is 0.257 e. The van der Waals surface area contributed by atoms with Crippen molar-refractivity contribution in [1.29, 1.82) is 0 Å². The van der Waals surface area contributed by atoms with Crippen molar-refractivity contribution in [3.63, 3.8) is 0 Å². The van der Waals surface area contributed by atoms with E-state index in [-0.39, 0.29) is 24.5 Å². The van der Waals surface area contributed by atoms with Gasteiger partial charge in [-0.25, -0.2) is 0 Å². The topological polar surface area (TPSA) is 68.3 Å². The van der Waals surface area contributed by atoms with Crippen molar-refractivity contribution in [2.24, 2.45) is 0 Å². The van der Waals surface area contributed by atoms with E-state index in [0.29, 0.717) is 54.4 Å². The molecular formula is C32H38N2O5. The van der Waals surface area contributed by atoms with E-state index < -0.39 is 0 Å². The molecule has 39 heavy (non-hydrogen) atoms. The molecule has 2 amide bonds. The normalized spacial score (nSPS) is 16.7. The number of ether oxygens (including phenoxy) is 3. The summed E-state index contributed by atoms with van der Waals surface area (Å²) in [6.07, 6.45) is 3.21. The average molecular weight is 531 g/mol. The molecule has 7 heteroatoms. The van der Waals surface area contributed by atoms with E-state index in [1.54, 1.807) is 32.4 Å². The number of nitrogens with zero attached hydrogens (tertiary/aromatic N) is 2. The fourth-order valence-electron chi connectivity index (χ4n) is 5.02. The molecule has 0 saturated heterocycles. The van der Waals surface area contributed by atoms with Gasteiger partial charge in [-0.1, -0.05) is 42.5 Å². The fourth-order valence-corrected chi connectivity index (χ4v) is 5.02. The SMILES string of the molecule is CCN1CCCCCN(C(=O)c2ccc(OC)c(OC)c2)[C@H](Cc2ccccc2)COc2ccccc2C1=O. The maximum atomic E-state index is 14.1. The molecule has 206 valence electrons. The van der Waals surface area contributed by atoms with Crippen LogP contribution in [0.5, 0.6) is 17.2 Å². The lowest BCUT2D eigenvalue weighted by molar-refractivity contribution is 0.0605. The van der Waals surface area contributed by atoms with Crippen LogP contribution in [0.25, 0.3) is 0 Å². The summed E-state index contributed by atoms with van der Waals surface area (Å²) in [5.41, 5.74) is 2.19. The van der Waals surface area contributed by atoms with E-state index in [0.717, 1.165) is 24.8 Å². The fraction of sp³-hybridized carbons (Fsp3) is 0.375. The van der Waals surface area contributed by atoms with Crippen LogP contribution in [0.1, 0.15) is 52.5 Å². The van der Waals surface area contributed by atoms with Crippen molar-refractivity contribution < 1.29 is 23.8 Å². The Bertz CT molecular complexity index is 1250. The van der Waals surface area contributed by atoms with Gasteiger partial charge in [0.05, 0.1) is 25.8 Å². The number of rotatable bonds is 6. The molecule has 1 aliphatic heterocycles. The smallest absolute Gasteiger partial charge is 0.257 e. The number of fused-ring (bicyclic) bond motifs is 1. The van der Waals surface area contributed by atoms with Crippen molar-refractivity contribution in [1.82, 2.24) is 9.80 Å². The first-order chi connectivity index (χ1) is 19.0. The number of hydrogen-bond donors (Lipinski definition) is 0. The molecule has 1 atom stereocenters. The lowest BCUT2D eigenvalue weighted by Gasteiger charge is -2.32. The summed E-state index contributed by atoms with van der Waals surface area (Å²) in [6, 6.07) is 22.5. The number of benzene rings is 3. The first kappa shape index (κ1) is 28.0. The molecule has 0 aliphatic carbocycles. The molecule has 1 heterocycles. The van der Waals surface area contributed by atoms with Crippen molar-refractivity contribution >= 4 is 11.8 Å². The van der Waals surface area contributed by atoms with Crippen LogP contribution in [0.15, 0.2) is 72.8 Å². The number of carbonyl (C=O) groups excluding carboxylic acids is 2. The maximum absolute atomic E-state index is 14.1. The summed E-state index contributed by atoms with van der Waals surface area (Å²) in [4.78, 5) is 31.2. The molecule has 0 saturated carbocycles. The van der Waals surface area contributed by atoms with E-state index in [9.17, 15) is 9.59 Å². The highest BCUT2D eigenvalue weighted by Gasteiger charge is 2.28. The van der Waals surface area contributed by atoms with Gasteiger partial charge in [0, 0.05) is 25.2 Å². The van der Waals surface area contributed by atoms with Gasteiger partial charge in [0.1, 0.15) is 12.4 Å². The monoisotopic (exact) mass is 530 g/mol. The third-order valence-electron chi connectivity index (χ3n) is 7.19. The average Bonchev–Trinajstić information content (AvgIpc) is 2.99. The quantitative estimate of drug-likeness (QED) is 0.422. The third-order valence-corrected chi connectivity index (χ3v) is 7.19. The van der Waals surface area contributed by atoms with E-state index in [1.807, 2.05) is 59.2 Å². The van der Waals surface area contributed by atoms with Crippen molar-refractivity contribution in [2.45, 2.75) is 38.6 Å². The summed E-state index contributed by atoms with van der Waals surface area (Å²) in [5.74, 6) is 1.51. The first-order valence-electron chi connectivity index (χ1n) is 13.6. The lowest BCUT2D eigenvalue weighted by atomic mass is 10.0. The Morgan fingerprint density at radius 3 is 2.36 bits per heavy atom. The van der Waals surface area contributed by atoms with Crippen LogP contribution in [0.2, 0.25) is 0 Å². The van der Waals surface area contributed by atoms with Crippen LogP contribution in [0.4, 0.5) is 0 Å². The zero-order valence-corrected chi connectivity index (χ0v) is 23.1. The molecular weight excluding hydrogens is 492 g/mol. The van der Waals surface area contributed by atoms with Gasteiger partial charge in [0.15, 0.2) is 11.5 Å². The van der Waals surface area contributed by atoms with Gasteiger partial charge in [-0.05, 0) is 68.5 Å². The van der Waals surface area contributed by atoms with Gasteiger partial charge in [0.25, 0.3) is 11.8 Å². The minimum atomic E-state index is -0.251. The van der Waals surface area contributed by atoms with Crippen LogP contribution < -0.4 is 14.2 Å². The molecule has 1 aliphatic rings. The summed E-state index contributed by atoms with van der Waals surface area (Å²) < 4.78 is 17.2. The Morgan fingerprint density at radius 2 is 1.62 bits per heavy atom. The highest BCUT2D eigenvalue weighted by molar-refractivity contribution is 5.97. The van der Waals surface area contributed by atoms with Crippen LogP contribution in [0, 0.1) is 0 Å². The first-order valence-corrected chi connectivity index (χ1v) is 13.6. The van der Waals surface area contributed by atoms with Crippen LogP contribution in [0.3, 0.4) is 0 Å². The van der Waals surface area contributed by atoms with E-state index in [2.05, 4.69) is 12.1 Å². The predicted molar refractivity (Wildman–Crippen MR) is 152 cm³/mol. The minimum absolute atomic E-state index is 0.0229. The highest BCUT2D eigenvalue weighted by Crippen LogP contribution is 2.29. The van der Waals surface area contributed by atoms with Gasteiger partial charge in [-0.15, -0.1) is 0 Å². The molecule has 3 aromatic rings. The zero-order valence-electron chi connectivity index (χ0n) is 23.1. The molecule has 0 radical (unpaired) electrons. The molecule has 0 aromatic heterocycles. The van der Waals surface area contributed by atoms with E-state index in [4.69, 9.17) is 14.2 Å². The Labute approximate surface area is 231 Å².